The molecule has 0 saturated carbocycles. The van der Waals surface area contributed by atoms with Crippen molar-refractivity contribution in [1.29, 1.82) is 0 Å². The van der Waals surface area contributed by atoms with E-state index in [-0.39, 0.29) is 0 Å². The van der Waals surface area contributed by atoms with Crippen molar-refractivity contribution < 1.29 is 0 Å². The summed E-state index contributed by atoms with van der Waals surface area (Å²) in [6.07, 6.45) is 3.55. The predicted octanol–water partition coefficient (Wildman–Crippen LogP) is 2.34. The zero-order chi connectivity index (χ0) is 13.4. The van der Waals surface area contributed by atoms with E-state index in [0.717, 1.165) is 44.3 Å². The molecule has 0 amide bonds. The fourth-order valence-electron chi connectivity index (χ4n) is 2.14. The van der Waals surface area contributed by atoms with E-state index in [1.54, 1.807) is 0 Å². The maximum absolute atomic E-state index is 4.14. The topological polar surface area (TPSA) is 46.8 Å². The molecule has 0 aliphatic heterocycles. The number of hydrogen-bond acceptors (Lipinski definition) is 4. The highest BCUT2D eigenvalue weighted by Crippen LogP contribution is 2.11. The molecule has 0 atom stereocenters. The van der Waals surface area contributed by atoms with Gasteiger partial charge in [0, 0.05) is 13.1 Å². The van der Waals surface area contributed by atoms with Crippen LogP contribution in [0.15, 0.2) is 0 Å². The van der Waals surface area contributed by atoms with Crippen molar-refractivity contribution in [3.63, 3.8) is 0 Å². The summed E-state index contributed by atoms with van der Waals surface area (Å²) in [4.78, 5) is 2.44. The van der Waals surface area contributed by atoms with E-state index in [2.05, 4.69) is 48.1 Å². The molecule has 5 nitrogen and oxygen atoms in total. The second-order valence-electron chi connectivity index (χ2n) is 4.83. The molecule has 1 rings (SSSR count). The van der Waals surface area contributed by atoms with E-state index >= 15 is 0 Å². The molecule has 0 bridgehead atoms. The van der Waals surface area contributed by atoms with Gasteiger partial charge in [0.15, 0.2) is 5.82 Å². The predicted molar refractivity (Wildman–Crippen MR) is 73.1 cm³/mol. The summed E-state index contributed by atoms with van der Waals surface area (Å²) in [5, 5.41) is 12.0. The lowest BCUT2D eigenvalue weighted by Crippen LogP contribution is -2.30. The van der Waals surface area contributed by atoms with Crippen LogP contribution in [0.3, 0.4) is 0 Å². The fraction of sp³-hybridized carbons (Fsp3) is 0.923. The normalized spacial score (nSPS) is 11.7. The Balaban J connectivity index is 2.58. The quantitative estimate of drug-likeness (QED) is 0.677. The molecular formula is C13H27N5. The van der Waals surface area contributed by atoms with Crippen LogP contribution in [0.1, 0.15) is 52.8 Å². The lowest BCUT2D eigenvalue weighted by atomic mass is 10.0. The van der Waals surface area contributed by atoms with Crippen LogP contribution < -0.4 is 0 Å². The highest BCUT2D eigenvalue weighted by molar-refractivity contribution is 4.81. The summed E-state index contributed by atoms with van der Waals surface area (Å²) in [7, 11) is 0. The van der Waals surface area contributed by atoms with Crippen LogP contribution in [0.4, 0.5) is 0 Å². The highest BCUT2D eigenvalue weighted by atomic mass is 15.5. The Kier molecular flexibility index (Phi) is 6.86. The molecule has 1 heterocycles. The van der Waals surface area contributed by atoms with Gasteiger partial charge in [0.25, 0.3) is 0 Å². The Morgan fingerprint density at radius 2 is 1.89 bits per heavy atom. The molecule has 0 aromatic carbocycles. The monoisotopic (exact) mass is 253 g/mol. The first-order valence-electron chi connectivity index (χ1n) is 7.22. The third-order valence-electron chi connectivity index (χ3n) is 3.52. The van der Waals surface area contributed by atoms with Gasteiger partial charge in [-0.05, 0) is 29.3 Å². The van der Waals surface area contributed by atoms with Gasteiger partial charge in [-0.1, -0.05) is 40.5 Å². The number of hydrogen-bond donors (Lipinski definition) is 0. The van der Waals surface area contributed by atoms with Gasteiger partial charge < -0.3 is 0 Å². The van der Waals surface area contributed by atoms with Gasteiger partial charge in [-0.15, -0.1) is 5.10 Å². The smallest absolute Gasteiger partial charge is 0.165 e. The van der Waals surface area contributed by atoms with E-state index in [9.17, 15) is 0 Å². The molecule has 1 aromatic heterocycles. The number of rotatable bonds is 9. The third kappa shape index (κ3) is 4.37. The van der Waals surface area contributed by atoms with Gasteiger partial charge in [-0.3, -0.25) is 4.90 Å². The summed E-state index contributed by atoms with van der Waals surface area (Å²) < 4.78 is 1.93. The van der Waals surface area contributed by atoms with Gasteiger partial charge in [-0.25, -0.2) is 4.68 Å². The van der Waals surface area contributed by atoms with Crippen LogP contribution in [0.5, 0.6) is 0 Å². The molecule has 0 unspecified atom stereocenters. The number of aromatic nitrogens is 4. The van der Waals surface area contributed by atoms with Crippen molar-refractivity contribution in [2.45, 2.75) is 60.0 Å². The zero-order valence-corrected chi connectivity index (χ0v) is 12.3. The summed E-state index contributed by atoms with van der Waals surface area (Å²) in [6.45, 7) is 12.8. The standard InChI is InChI=1S/C13H27N5/c1-5-9-18-13(14-15-16-18)11-17(8-4)10-12(6-2)7-3/h12H,5-11H2,1-4H3. The van der Waals surface area contributed by atoms with E-state index < -0.39 is 0 Å². The maximum Gasteiger partial charge on any atom is 0.165 e. The van der Waals surface area contributed by atoms with Crippen molar-refractivity contribution in [3.8, 4) is 0 Å². The van der Waals surface area contributed by atoms with Gasteiger partial charge in [0.2, 0.25) is 0 Å². The Hall–Kier alpha value is -0.970. The second kappa shape index (κ2) is 8.19. The van der Waals surface area contributed by atoms with Crippen molar-refractivity contribution in [2.24, 2.45) is 5.92 Å². The largest absolute Gasteiger partial charge is 0.296 e. The lowest BCUT2D eigenvalue weighted by Gasteiger charge is -2.24. The molecular weight excluding hydrogens is 226 g/mol. The Bertz CT molecular complexity index is 319. The average Bonchev–Trinajstić information content (AvgIpc) is 2.82. The SMILES string of the molecule is CCCn1nnnc1CN(CC)CC(CC)CC. The summed E-state index contributed by atoms with van der Waals surface area (Å²) in [6, 6.07) is 0. The molecule has 5 heteroatoms. The van der Waals surface area contributed by atoms with Crippen molar-refractivity contribution in [1.82, 2.24) is 25.1 Å². The van der Waals surface area contributed by atoms with Crippen LogP contribution in [-0.2, 0) is 13.1 Å². The van der Waals surface area contributed by atoms with Crippen LogP contribution in [0.2, 0.25) is 0 Å². The minimum absolute atomic E-state index is 0.778. The highest BCUT2D eigenvalue weighted by Gasteiger charge is 2.14. The number of aryl methyl sites for hydroxylation is 1. The van der Waals surface area contributed by atoms with Crippen LogP contribution in [-0.4, -0.2) is 38.2 Å². The third-order valence-corrected chi connectivity index (χ3v) is 3.52. The number of nitrogens with zero attached hydrogens (tertiary/aromatic N) is 5. The molecule has 0 spiro atoms. The Morgan fingerprint density at radius 3 is 2.44 bits per heavy atom. The second-order valence-corrected chi connectivity index (χ2v) is 4.83. The van der Waals surface area contributed by atoms with Gasteiger partial charge in [0.05, 0.1) is 6.54 Å². The van der Waals surface area contributed by atoms with Crippen LogP contribution in [0.25, 0.3) is 0 Å². The molecule has 0 radical (unpaired) electrons. The molecule has 104 valence electrons. The molecule has 18 heavy (non-hydrogen) atoms. The van der Waals surface area contributed by atoms with E-state index in [1.807, 2.05) is 4.68 Å². The summed E-state index contributed by atoms with van der Waals surface area (Å²) >= 11 is 0. The van der Waals surface area contributed by atoms with Crippen molar-refractivity contribution in [3.05, 3.63) is 5.82 Å². The first-order chi connectivity index (χ1) is 8.74. The Morgan fingerprint density at radius 1 is 1.17 bits per heavy atom. The fourth-order valence-corrected chi connectivity index (χ4v) is 2.14. The van der Waals surface area contributed by atoms with E-state index in [4.69, 9.17) is 0 Å². The van der Waals surface area contributed by atoms with Crippen molar-refractivity contribution >= 4 is 0 Å². The van der Waals surface area contributed by atoms with Gasteiger partial charge in [-0.2, -0.15) is 0 Å². The van der Waals surface area contributed by atoms with Gasteiger partial charge >= 0.3 is 0 Å². The van der Waals surface area contributed by atoms with Crippen LogP contribution in [0, 0.1) is 5.92 Å². The lowest BCUT2D eigenvalue weighted by molar-refractivity contribution is 0.217. The Labute approximate surface area is 111 Å². The van der Waals surface area contributed by atoms with E-state index in [0.29, 0.717) is 0 Å². The minimum atomic E-state index is 0.778. The van der Waals surface area contributed by atoms with Crippen LogP contribution >= 0.6 is 0 Å². The molecule has 0 N–H and O–H groups in total. The molecule has 0 fully saturated rings. The average molecular weight is 253 g/mol. The number of tetrazole rings is 1. The van der Waals surface area contributed by atoms with E-state index in [1.165, 1.54) is 12.8 Å². The molecule has 0 aliphatic rings. The first kappa shape index (κ1) is 15.1. The zero-order valence-electron chi connectivity index (χ0n) is 12.3. The van der Waals surface area contributed by atoms with Gasteiger partial charge in [0.1, 0.15) is 0 Å². The maximum atomic E-state index is 4.14. The molecule has 0 aliphatic carbocycles. The first-order valence-corrected chi connectivity index (χ1v) is 7.22. The molecule has 0 saturated heterocycles. The minimum Gasteiger partial charge on any atom is -0.296 e. The van der Waals surface area contributed by atoms with Crippen molar-refractivity contribution in [2.75, 3.05) is 13.1 Å². The summed E-state index contributed by atoms with van der Waals surface area (Å²) in [5.41, 5.74) is 0. The summed E-state index contributed by atoms with van der Waals surface area (Å²) in [5.74, 6) is 1.77. The molecule has 1 aromatic rings.